The van der Waals surface area contributed by atoms with Gasteiger partial charge in [0.25, 0.3) is 0 Å². The molecule has 0 N–H and O–H groups in total. The van der Waals surface area contributed by atoms with E-state index >= 15 is 0 Å². The van der Waals surface area contributed by atoms with Crippen molar-refractivity contribution in [1.29, 1.82) is 0 Å². The van der Waals surface area contributed by atoms with Crippen LogP contribution < -0.4 is 4.74 Å². The smallest absolute Gasteiger partial charge is 0.374 e. The van der Waals surface area contributed by atoms with Crippen LogP contribution in [0.25, 0.3) is 11.0 Å². The number of esters is 1. The molecule has 0 aliphatic heterocycles. The van der Waals surface area contributed by atoms with Gasteiger partial charge in [-0.25, -0.2) is 4.79 Å². The van der Waals surface area contributed by atoms with Crippen molar-refractivity contribution in [2.75, 3.05) is 34.4 Å². The van der Waals surface area contributed by atoms with E-state index in [0.717, 1.165) is 18.4 Å². The molecular weight excluding hydrogens is 258 g/mol. The van der Waals surface area contributed by atoms with Crippen molar-refractivity contribution in [2.24, 2.45) is 0 Å². The van der Waals surface area contributed by atoms with Crippen molar-refractivity contribution < 1.29 is 18.7 Å². The number of carbonyl (C=O) groups is 1. The SMILES string of the molecule is COc1ccc2cc(C(=O)OCCCN(C)C)oc2c1. The predicted octanol–water partition coefficient (Wildman–Crippen LogP) is 2.55. The van der Waals surface area contributed by atoms with Crippen molar-refractivity contribution in [3.05, 3.63) is 30.0 Å². The minimum Gasteiger partial charge on any atom is -0.497 e. The average molecular weight is 277 g/mol. The molecule has 0 saturated heterocycles. The highest BCUT2D eigenvalue weighted by Crippen LogP contribution is 2.24. The molecule has 0 saturated carbocycles. The molecule has 2 rings (SSSR count). The van der Waals surface area contributed by atoms with Gasteiger partial charge < -0.3 is 18.8 Å². The number of rotatable bonds is 6. The molecule has 0 atom stereocenters. The molecule has 1 heterocycles. The molecule has 5 nitrogen and oxygen atoms in total. The molecule has 2 aromatic rings. The summed E-state index contributed by atoms with van der Waals surface area (Å²) in [6, 6.07) is 7.10. The highest BCUT2D eigenvalue weighted by Gasteiger charge is 2.14. The lowest BCUT2D eigenvalue weighted by Gasteiger charge is -2.08. The average Bonchev–Trinajstić information content (AvgIpc) is 2.85. The molecule has 108 valence electrons. The second-order valence-corrected chi connectivity index (χ2v) is 4.81. The maximum Gasteiger partial charge on any atom is 0.374 e. The van der Waals surface area contributed by atoms with E-state index in [9.17, 15) is 4.79 Å². The van der Waals surface area contributed by atoms with Gasteiger partial charge in [0.1, 0.15) is 11.3 Å². The summed E-state index contributed by atoms with van der Waals surface area (Å²) in [4.78, 5) is 13.9. The number of nitrogens with zero attached hydrogens (tertiary/aromatic N) is 1. The first kappa shape index (κ1) is 14.4. The van der Waals surface area contributed by atoms with Gasteiger partial charge in [-0.05, 0) is 38.7 Å². The Morgan fingerprint density at radius 1 is 1.30 bits per heavy atom. The summed E-state index contributed by atoms with van der Waals surface area (Å²) in [7, 11) is 5.55. The van der Waals surface area contributed by atoms with E-state index < -0.39 is 5.97 Å². The summed E-state index contributed by atoms with van der Waals surface area (Å²) >= 11 is 0. The Balaban J connectivity index is 1.99. The molecular formula is C15H19NO4. The van der Waals surface area contributed by atoms with Crippen LogP contribution in [0.2, 0.25) is 0 Å². The van der Waals surface area contributed by atoms with Crippen LogP contribution in [-0.2, 0) is 4.74 Å². The first-order valence-electron chi connectivity index (χ1n) is 6.49. The van der Waals surface area contributed by atoms with Crippen molar-refractivity contribution in [3.8, 4) is 5.75 Å². The summed E-state index contributed by atoms with van der Waals surface area (Å²) < 4.78 is 15.8. The van der Waals surface area contributed by atoms with E-state index in [1.54, 1.807) is 19.2 Å². The molecule has 0 amide bonds. The molecule has 0 radical (unpaired) electrons. The van der Waals surface area contributed by atoms with Gasteiger partial charge in [-0.1, -0.05) is 0 Å². The Hall–Kier alpha value is -2.01. The van der Waals surface area contributed by atoms with Crippen LogP contribution in [0.3, 0.4) is 0 Å². The largest absolute Gasteiger partial charge is 0.497 e. The maximum absolute atomic E-state index is 11.9. The van der Waals surface area contributed by atoms with Crippen molar-refractivity contribution in [3.63, 3.8) is 0 Å². The zero-order valence-electron chi connectivity index (χ0n) is 12.0. The molecule has 0 aliphatic rings. The molecule has 1 aromatic carbocycles. The molecule has 5 heteroatoms. The molecule has 0 fully saturated rings. The minimum absolute atomic E-state index is 0.220. The fourth-order valence-corrected chi connectivity index (χ4v) is 1.86. The minimum atomic E-state index is -0.432. The van der Waals surface area contributed by atoms with E-state index in [2.05, 4.69) is 0 Å². The number of furan rings is 1. The van der Waals surface area contributed by atoms with Gasteiger partial charge in [0.05, 0.1) is 13.7 Å². The summed E-state index contributed by atoms with van der Waals surface area (Å²) in [5.74, 6) is 0.481. The molecule has 20 heavy (non-hydrogen) atoms. The number of fused-ring (bicyclic) bond motifs is 1. The molecule has 0 unspecified atom stereocenters. The third-order valence-corrected chi connectivity index (χ3v) is 2.91. The van der Waals surface area contributed by atoms with E-state index in [0.29, 0.717) is 17.9 Å². The van der Waals surface area contributed by atoms with Gasteiger partial charge in [-0.2, -0.15) is 0 Å². The third-order valence-electron chi connectivity index (χ3n) is 2.91. The van der Waals surface area contributed by atoms with Gasteiger partial charge in [-0.15, -0.1) is 0 Å². The van der Waals surface area contributed by atoms with Crippen molar-refractivity contribution in [1.82, 2.24) is 4.90 Å². The van der Waals surface area contributed by atoms with Crippen LogP contribution in [0, 0.1) is 0 Å². The third kappa shape index (κ3) is 3.51. The van der Waals surface area contributed by atoms with E-state index in [-0.39, 0.29) is 5.76 Å². The fraction of sp³-hybridized carbons (Fsp3) is 0.400. The van der Waals surface area contributed by atoms with E-state index in [4.69, 9.17) is 13.9 Å². The van der Waals surface area contributed by atoms with Gasteiger partial charge in [0.2, 0.25) is 5.76 Å². The lowest BCUT2D eigenvalue weighted by molar-refractivity contribution is 0.0459. The first-order chi connectivity index (χ1) is 9.60. The first-order valence-corrected chi connectivity index (χ1v) is 6.49. The predicted molar refractivity (Wildman–Crippen MR) is 76.2 cm³/mol. The van der Waals surface area contributed by atoms with Crippen LogP contribution in [0.15, 0.2) is 28.7 Å². The Kier molecular flexibility index (Phi) is 4.63. The Labute approximate surface area is 118 Å². The lowest BCUT2D eigenvalue weighted by atomic mass is 10.2. The standard InChI is InChI=1S/C15H19NO4/c1-16(2)7-4-8-19-15(17)14-9-11-5-6-12(18-3)10-13(11)20-14/h5-6,9-10H,4,7-8H2,1-3H3. The summed E-state index contributed by atoms with van der Waals surface area (Å²) in [5, 5.41) is 0.853. The highest BCUT2D eigenvalue weighted by molar-refractivity contribution is 5.92. The highest BCUT2D eigenvalue weighted by atomic mass is 16.5. The molecule has 1 aromatic heterocycles. The maximum atomic E-state index is 11.9. The van der Waals surface area contributed by atoms with Gasteiger partial charge in [0, 0.05) is 18.0 Å². The van der Waals surface area contributed by atoms with Gasteiger partial charge in [0.15, 0.2) is 0 Å². The number of methoxy groups -OCH3 is 1. The van der Waals surface area contributed by atoms with Crippen LogP contribution in [-0.4, -0.2) is 45.2 Å². The van der Waals surface area contributed by atoms with Crippen LogP contribution in [0.5, 0.6) is 5.75 Å². The Bertz CT molecular complexity index is 589. The Morgan fingerprint density at radius 2 is 2.10 bits per heavy atom. The van der Waals surface area contributed by atoms with Gasteiger partial charge in [-0.3, -0.25) is 0 Å². The summed E-state index contributed by atoms with van der Waals surface area (Å²) in [6.45, 7) is 1.27. The number of carbonyl (C=O) groups excluding carboxylic acids is 1. The number of ether oxygens (including phenoxy) is 2. The van der Waals surface area contributed by atoms with E-state index in [1.807, 2.05) is 31.1 Å². The second-order valence-electron chi connectivity index (χ2n) is 4.81. The van der Waals surface area contributed by atoms with Gasteiger partial charge >= 0.3 is 5.97 Å². The number of benzene rings is 1. The second kappa shape index (κ2) is 6.43. The number of hydrogen-bond donors (Lipinski definition) is 0. The normalized spacial score (nSPS) is 11.0. The lowest BCUT2D eigenvalue weighted by Crippen LogP contribution is -2.16. The monoisotopic (exact) mass is 277 g/mol. The van der Waals surface area contributed by atoms with Crippen LogP contribution in [0.4, 0.5) is 0 Å². The molecule has 0 aliphatic carbocycles. The van der Waals surface area contributed by atoms with Crippen LogP contribution in [0.1, 0.15) is 17.0 Å². The quantitative estimate of drug-likeness (QED) is 0.600. The zero-order chi connectivity index (χ0) is 14.5. The van der Waals surface area contributed by atoms with Crippen molar-refractivity contribution >= 4 is 16.9 Å². The number of hydrogen-bond acceptors (Lipinski definition) is 5. The summed E-state index contributed by atoms with van der Waals surface area (Å²) in [5.41, 5.74) is 0.615. The van der Waals surface area contributed by atoms with E-state index in [1.165, 1.54) is 0 Å². The zero-order valence-corrected chi connectivity index (χ0v) is 12.0. The molecule has 0 spiro atoms. The summed E-state index contributed by atoms with van der Waals surface area (Å²) in [6.07, 6.45) is 0.798. The fourth-order valence-electron chi connectivity index (χ4n) is 1.86. The van der Waals surface area contributed by atoms with Crippen molar-refractivity contribution in [2.45, 2.75) is 6.42 Å². The topological polar surface area (TPSA) is 51.9 Å². The Morgan fingerprint density at radius 3 is 2.80 bits per heavy atom. The molecule has 0 bridgehead atoms. The van der Waals surface area contributed by atoms with Crippen LogP contribution >= 0.6 is 0 Å².